The molecule has 1 heterocycles. The van der Waals surface area contributed by atoms with Crippen molar-refractivity contribution in [2.24, 2.45) is 0 Å². The van der Waals surface area contributed by atoms with Crippen LogP contribution in [0, 0.1) is 0 Å². The van der Waals surface area contributed by atoms with Gasteiger partial charge in [-0.1, -0.05) is 11.8 Å². The molecule has 5 nitrogen and oxygen atoms in total. The molecule has 1 aliphatic heterocycles. The molecule has 0 aromatic heterocycles. The lowest BCUT2D eigenvalue weighted by Gasteiger charge is -2.23. The molecular formula is C14H19NO4S2. The minimum absolute atomic E-state index is 0.0173. The van der Waals surface area contributed by atoms with Gasteiger partial charge in [-0.3, -0.25) is 4.79 Å². The maximum atomic E-state index is 12.7. The summed E-state index contributed by atoms with van der Waals surface area (Å²) in [5.74, 6) is 1.14. The van der Waals surface area contributed by atoms with Gasteiger partial charge in [0.2, 0.25) is 10.0 Å². The monoisotopic (exact) mass is 329 g/mol. The van der Waals surface area contributed by atoms with Crippen molar-refractivity contribution in [2.75, 3.05) is 19.4 Å². The standard InChI is InChI=1S/C14H19NO4S2/c1-11(16)20-10-12-4-3-9-15(12)21(17,18)14-7-5-13(19-2)6-8-14/h5-8,12H,3-4,9-10H2,1-2H3/t12-/m1/s1. The summed E-state index contributed by atoms with van der Waals surface area (Å²) in [5.41, 5.74) is 0. The Bertz CT molecular complexity index is 598. The first-order valence-electron chi connectivity index (χ1n) is 6.74. The highest BCUT2D eigenvalue weighted by molar-refractivity contribution is 8.13. The molecule has 0 radical (unpaired) electrons. The molecule has 0 amide bonds. The second kappa shape index (κ2) is 6.81. The molecule has 1 aromatic carbocycles. The van der Waals surface area contributed by atoms with Crippen LogP contribution in [-0.2, 0) is 14.8 Å². The first-order chi connectivity index (χ1) is 9.95. The van der Waals surface area contributed by atoms with E-state index in [0.29, 0.717) is 18.0 Å². The van der Waals surface area contributed by atoms with Crippen molar-refractivity contribution in [2.45, 2.75) is 30.7 Å². The predicted molar refractivity (Wildman–Crippen MR) is 83.0 cm³/mol. The molecule has 2 rings (SSSR count). The quantitative estimate of drug-likeness (QED) is 0.828. The second-order valence-electron chi connectivity index (χ2n) is 4.89. The summed E-state index contributed by atoms with van der Waals surface area (Å²) < 4.78 is 31.9. The lowest BCUT2D eigenvalue weighted by Crippen LogP contribution is -2.37. The van der Waals surface area contributed by atoms with E-state index in [2.05, 4.69) is 0 Å². The summed E-state index contributed by atoms with van der Waals surface area (Å²) in [6.45, 7) is 2.01. The molecule has 116 valence electrons. The van der Waals surface area contributed by atoms with Gasteiger partial charge in [-0.15, -0.1) is 0 Å². The topological polar surface area (TPSA) is 63.7 Å². The van der Waals surface area contributed by atoms with Gasteiger partial charge in [0.15, 0.2) is 5.12 Å². The Balaban J connectivity index is 2.18. The normalized spacial score (nSPS) is 19.6. The van der Waals surface area contributed by atoms with Crippen molar-refractivity contribution in [3.8, 4) is 5.75 Å². The van der Waals surface area contributed by atoms with Gasteiger partial charge in [-0.2, -0.15) is 4.31 Å². The van der Waals surface area contributed by atoms with Gasteiger partial charge < -0.3 is 4.74 Å². The SMILES string of the molecule is COc1ccc(S(=O)(=O)N2CCC[C@@H]2CSC(C)=O)cc1. The maximum absolute atomic E-state index is 12.7. The minimum atomic E-state index is -3.51. The number of hydrogen-bond acceptors (Lipinski definition) is 5. The molecule has 21 heavy (non-hydrogen) atoms. The van der Waals surface area contributed by atoms with E-state index in [1.165, 1.54) is 23.0 Å². The Kier molecular flexibility index (Phi) is 5.29. The van der Waals surface area contributed by atoms with E-state index in [1.807, 2.05) is 0 Å². The van der Waals surface area contributed by atoms with Gasteiger partial charge in [0.25, 0.3) is 0 Å². The number of methoxy groups -OCH3 is 1. The number of carbonyl (C=O) groups is 1. The Morgan fingerprint density at radius 2 is 2.05 bits per heavy atom. The van der Waals surface area contributed by atoms with Crippen molar-refractivity contribution in [1.82, 2.24) is 4.31 Å². The molecule has 1 fully saturated rings. The lowest BCUT2D eigenvalue weighted by molar-refractivity contribution is -0.109. The molecule has 0 N–H and O–H groups in total. The maximum Gasteiger partial charge on any atom is 0.243 e. The number of sulfonamides is 1. The smallest absolute Gasteiger partial charge is 0.243 e. The molecule has 0 spiro atoms. The van der Waals surface area contributed by atoms with Gasteiger partial charge in [-0.25, -0.2) is 8.42 Å². The third-order valence-electron chi connectivity index (χ3n) is 3.47. The van der Waals surface area contributed by atoms with Crippen LogP contribution in [0.25, 0.3) is 0 Å². The number of benzene rings is 1. The highest BCUT2D eigenvalue weighted by Crippen LogP contribution is 2.29. The average molecular weight is 329 g/mol. The third kappa shape index (κ3) is 3.78. The molecule has 0 aliphatic carbocycles. The summed E-state index contributed by atoms with van der Waals surface area (Å²) in [4.78, 5) is 11.3. The highest BCUT2D eigenvalue weighted by atomic mass is 32.2. The van der Waals surface area contributed by atoms with Crippen molar-refractivity contribution in [1.29, 1.82) is 0 Å². The van der Waals surface area contributed by atoms with Crippen molar-refractivity contribution in [3.05, 3.63) is 24.3 Å². The van der Waals surface area contributed by atoms with Crippen LogP contribution in [0.5, 0.6) is 5.75 Å². The molecule has 7 heteroatoms. The highest BCUT2D eigenvalue weighted by Gasteiger charge is 2.35. The number of nitrogens with zero attached hydrogens (tertiary/aromatic N) is 1. The Morgan fingerprint density at radius 1 is 1.38 bits per heavy atom. The zero-order valence-corrected chi connectivity index (χ0v) is 13.7. The van der Waals surface area contributed by atoms with Crippen LogP contribution in [0.2, 0.25) is 0 Å². The number of rotatable bonds is 5. The fraction of sp³-hybridized carbons (Fsp3) is 0.500. The van der Waals surface area contributed by atoms with Crippen LogP contribution in [0.1, 0.15) is 19.8 Å². The lowest BCUT2D eigenvalue weighted by atomic mass is 10.3. The zero-order valence-electron chi connectivity index (χ0n) is 12.1. The van der Waals surface area contributed by atoms with Gasteiger partial charge in [0, 0.05) is 25.3 Å². The third-order valence-corrected chi connectivity index (χ3v) is 6.39. The fourth-order valence-corrected chi connectivity index (χ4v) is 4.95. The van der Waals surface area contributed by atoms with Crippen LogP contribution >= 0.6 is 11.8 Å². The molecule has 0 unspecified atom stereocenters. The van der Waals surface area contributed by atoms with Crippen molar-refractivity contribution >= 4 is 26.9 Å². The Labute approximate surface area is 129 Å². The first kappa shape index (κ1) is 16.3. The summed E-state index contributed by atoms with van der Waals surface area (Å²) in [6, 6.07) is 6.29. The van der Waals surface area contributed by atoms with Crippen LogP contribution in [0.4, 0.5) is 0 Å². The van der Waals surface area contributed by atoms with Gasteiger partial charge >= 0.3 is 0 Å². The van der Waals surface area contributed by atoms with Crippen LogP contribution in [0.3, 0.4) is 0 Å². The number of hydrogen-bond donors (Lipinski definition) is 0. The molecule has 1 aromatic rings. The summed E-state index contributed by atoms with van der Waals surface area (Å²) in [6.07, 6.45) is 1.63. The second-order valence-corrected chi connectivity index (χ2v) is 7.98. The average Bonchev–Trinajstić information content (AvgIpc) is 2.94. The molecule has 1 atom stereocenters. The number of carbonyl (C=O) groups excluding carboxylic acids is 1. The molecule has 0 saturated carbocycles. The largest absolute Gasteiger partial charge is 0.497 e. The minimum Gasteiger partial charge on any atom is -0.497 e. The van der Waals surface area contributed by atoms with Gasteiger partial charge in [-0.05, 0) is 37.1 Å². The van der Waals surface area contributed by atoms with E-state index in [4.69, 9.17) is 4.74 Å². The molecule has 1 aliphatic rings. The summed E-state index contributed by atoms with van der Waals surface area (Å²) in [5, 5.41) is 0.0173. The zero-order chi connectivity index (χ0) is 15.5. The fourth-order valence-electron chi connectivity index (χ4n) is 2.39. The van der Waals surface area contributed by atoms with E-state index in [9.17, 15) is 13.2 Å². The Morgan fingerprint density at radius 3 is 2.62 bits per heavy atom. The summed E-state index contributed by atoms with van der Waals surface area (Å²) >= 11 is 1.18. The summed E-state index contributed by atoms with van der Waals surface area (Å²) in [7, 11) is -1.97. The molecular weight excluding hydrogens is 310 g/mol. The van der Waals surface area contributed by atoms with Crippen LogP contribution in [0.15, 0.2) is 29.2 Å². The van der Waals surface area contributed by atoms with E-state index in [1.54, 1.807) is 31.4 Å². The van der Waals surface area contributed by atoms with E-state index < -0.39 is 10.0 Å². The first-order valence-corrected chi connectivity index (χ1v) is 9.17. The molecule has 1 saturated heterocycles. The van der Waals surface area contributed by atoms with Crippen LogP contribution in [-0.4, -0.2) is 43.3 Å². The molecule has 0 bridgehead atoms. The van der Waals surface area contributed by atoms with E-state index >= 15 is 0 Å². The Hall–Kier alpha value is -1.05. The van der Waals surface area contributed by atoms with Crippen LogP contribution < -0.4 is 4.74 Å². The number of thioether (sulfide) groups is 1. The van der Waals surface area contributed by atoms with E-state index in [-0.39, 0.29) is 16.1 Å². The van der Waals surface area contributed by atoms with Crippen molar-refractivity contribution in [3.63, 3.8) is 0 Å². The van der Waals surface area contributed by atoms with Crippen molar-refractivity contribution < 1.29 is 17.9 Å². The predicted octanol–water partition coefficient (Wildman–Crippen LogP) is 2.13. The van der Waals surface area contributed by atoms with Gasteiger partial charge in [0.05, 0.1) is 12.0 Å². The van der Waals surface area contributed by atoms with Gasteiger partial charge in [0.1, 0.15) is 5.75 Å². The van der Waals surface area contributed by atoms with E-state index in [0.717, 1.165) is 12.8 Å². The number of ether oxygens (including phenoxy) is 1.